The van der Waals surface area contributed by atoms with E-state index in [0.29, 0.717) is 18.5 Å². The van der Waals surface area contributed by atoms with Gasteiger partial charge in [0.15, 0.2) is 0 Å². The molecule has 0 unspecified atom stereocenters. The number of likely N-dealkylation sites (tertiary alicyclic amines) is 1. The second-order valence-corrected chi connectivity index (χ2v) is 9.09. The Morgan fingerprint density at radius 3 is 2.50 bits per heavy atom. The highest BCUT2D eigenvalue weighted by atomic mass is 16.5. The van der Waals surface area contributed by atoms with Gasteiger partial charge in [-0.2, -0.15) is 0 Å². The fourth-order valence-electron chi connectivity index (χ4n) is 5.37. The lowest BCUT2D eigenvalue weighted by Gasteiger charge is -2.33. The zero-order valence-corrected chi connectivity index (χ0v) is 18.6. The lowest BCUT2D eigenvalue weighted by atomic mass is 9.89. The molecule has 0 bridgehead atoms. The molecule has 1 atom stereocenters. The molecule has 0 spiro atoms. The number of benzene rings is 1. The Bertz CT molecular complexity index is 940. The molecular formula is C25H34N2O3. The van der Waals surface area contributed by atoms with Crippen molar-refractivity contribution in [2.45, 2.75) is 77.8 Å². The van der Waals surface area contributed by atoms with E-state index in [9.17, 15) is 9.59 Å². The SMILES string of the molecule is COC(=O)[C@@H]1CCCCN1C(=O)c1ccc2c(c1)c(C)c(C)n2CC1CCCCC1. The number of aromatic nitrogens is 1. The summed E-state index contributed by atoms with van der Waals surface area (Å²) in [5, 5.41) is 1.15. The smallest absolute Gasteiger partial charge is 0.328 e. The monoisotopic (exact) mass is 410 g/mol. The number of hydrogen-bond donors (Lipinski definition) is 0. The van der Waals surface area contributed by atoms with Crippen LogP contribution in [-0.2, 0) is 16.1 Å². The Morgan fingerprint density at radius 1 is 1.03 bits per heavy atom. The molecule has 30 heavy (non-hydrogen) atoms. The van der Waals surface area contributed by atoms with E-state index in [0.717, 1.165) is 30.7 Å². The van der Waals surface area contributed by atoms with Crippen LogP contribution < -0.4 is 0 Å². The van der Waals surface area contributed by atoms with Crippen LogP contribution in [0.1, 0.15) is 73.0 Å². The van der Waals surface area contributed by atoms with Crippen molar-refractivity contribution in [3.8, 4) is 0 Å². The number of esters is 1. The standard InChI is InChI=1S/C25H34N2O3/c1-17-18(2)27(16-19-9-5-4-6-10-19)22-13-12-20(15-21(17)22)24(28)26-14-8-7-11-23(26)25(29)30-3/h12-13,15,19,23H,4-11,14,16H2,1-3H3/t23-/m0/s1. The summed E-state index contributed by atoms with van der Waals surface area (Å²) in [4.78, 5) is 27.2. The van der Waals surface area contributed by atoms with E-state index in [1.807, 2.05) is 12.1 Å². The van der Waals surface area contributed by atoms with Crippen LogP contribution in [0.2, 0.25) is 0 Å². The zero-order valence-electron chi connectivity index (χ0n) is 18.6. The number of fused-ring (bicyclic) bond motifs is 1. The fraction of sp³-hybridized carbons (Fsp3) is 0.600. The fourth-order valence-corrected chi connectivity index (χ4v) is 5.37. The Morgan fingerprint density at radius 2 is 1.77 bits per heavy atom. The van der Waals surface area contributed by atoms with Crippen LogP contribution >= 0.6 is 0 Å². The predicted octanol–water partition coefficient (Wildman–Crippen LogP) is 5.01. The van der Waals surface area contributed by atoms with Gasteiger partial charge >= 0.3 is 5.97 Å². The highest BCUT2D eigenvalue weighted by Crippen LogP contribution is 2.32. The van der Waals surface area contributed by atoms with Crippen LogP contribution in [0.25, 0.3) is 10.9 Å². The normalized spacial score (nSPS) is 20.5. The van der Waals surface area contributed by atoms with Gasteiger partial charge in [-0.15, -0.1) is 0 Å². The Balaban J connectivity index is 1.63. The number of hydrogen-bond acceptors (Lipinski definition) is 3. The quantitative estimate of drug-likeness (QED) is 0.666. The van der Waals surface area contributed by atoms with Gasteiger partial charge in [0.05, 0.1) is 7.11 Å². The summed E-state index contributed by atoms with van der Waals surface area (Å²) in [6.45, 7) is 6.02. The lowest BCUT2D eigenvalue weighted by molar-refractivity contribution is -0.147. The van der Waals surface area contributed by atoms with Crippen molar-refractivity contribution in [1.29, 1.82) is 0 Å². The molecule has 2 aromatic rings. The first-order valence-electron chi connectivity index (χ1n) is 11.5. The third kappa shape index (κ3) is 3.86. The van der Waals surface area contributed by atoms with Crippen LogP contribution in [0.4, 0.5) is 0 Å². The molecule has 0 N–H and O–H groups in total. The summed E-state index contributed by atoms with van der Waals surface area (Å²) in [5.41, 5.74) is 4.43. The van der Waals surface area contributed by atoms with Gasteiger partial charge in [0.25, 0.3) is 5.91 Å². The number of ether oxygens (including phenoxy) is 1. The van der Waals surface area contributed by atoms with E-state index in [1.54, 1.807) is 4.90 Å². The second-order valence-electron chi connectivity index (χ2n) is 9.09. The first-order valence-corrected chi connectivity index (χ1v) is 11.5. The molecule has 1 saturated carbocycles. The minimum atomic E-state index is -0.467. The van der Waals surface area contributed by atoms with Gasteiger partial charge < -0.3 is 14.2 Å². The number of carbonyl (C=O) groups is 2. The van der Waals surface area contributed by atoms with Crippen molar-refractivity contribution in [3.63, 3.8) is 0 Å². The number of aryl methyl sites for hydroxylation is 1. The van der Waals surface area contributed by atoms with Crippen molar-refractivity contribution in [2.75, 3.05) is 13.7 Å². The summed E-state index contributed by atoms with van der Waals surface area (Å²) in [5.74, 6) is 0.377. The first-order chi connectivity index (χ1) is 14.5. The molecule has 2 aliphatic rings. The average Bonchev–Trinajstić information content (AvgIpc) is 3.03. The topological polar surface area (TPSA) is 51.5 Å². The summed E-state index contributed by atoms with van der Waals surface area (Å²) in [6.07, 6.45) is 9.25. The number of amides is 1. The predicted molar refractivity (Wildman–Crippen MR) is 119 cm³/mol. The Hall–Kier alpha value is -2.30. The molecule has 0 radical (unpaired) electrons. The lowest BCUT2D eigenvalue weighted by Crippen LogP contribution is -2.48. The Labute approximate surface area is 179 Å². The molecule has 5 nitrogen and oxygen atoms in total. The summed E-state index contributed by atoms with van der Waals surface area (Å²) in [6, 6.07) is 5.60. The van der Waals surface area contributed by atoms with Crippen molar-refractivity contribution in [2.24, 2.45) is 5.92 Å². The van der Waals surface area contributed by atoms with Crippen molar-refractivity contribution >= 4 is 22.8 Å². The van der Waals surface area contributed by atoms with Gasteiger partial charge in [0.1, 0.15) is 6.04 Å². The molecule has 1 aromatic heterocycles. The number of carbonyl (C=O) groups excluding carboxylic acids is 2. The van der Waals surface area contributed by atoms with Crippen molar-refractivity contribution in [3.05, 3.63) is 35.0 Å². The van der Waals surface area contributed by atoms with Gasteiger partial charge in [-0.3, -0.25) is 4.79 Å². The summed E-state index contributed by atoms with van der Waals surface area (Å²) < 4.78 is 7.40. The van der Waals surface area contributed by atoms with Crippen LogP contribution in [0, 0.1) is 19.8 Å². The molecule has 1 aromatic carbocycles. The maximum Gasteiger partial charge on any atom is 0.328 e. The van der Waals surface area contributed by atoms with Crippen LogP contribution in [0.5, 0.6) is 0 Å². The van der Waals surface area contributed by atoms with Crippen LogP contribution in [-0.4, -0.2) is 41.0 Å². The van der Waals surface area contributed by atoms with Gasteiger partial charge in [-0.05, 0) is 75.6 Å². The van der Waals surface area contributed by atoms with Gasteiger partial charge in [0, 0.05) is 35.2 Å². The molecule has 1 amide bonds. The highest BCUT2D eigenvalue weighted by Gasteiger charge is 2.33. The van der Waals surface area contributed by atoms with Crippen molar-refractivity contribution in [1.82, 2.24) is 9.47 Å². The van der Waals surface area contributed by atoms with E-state index in [1.165, 1.54) is 56.0 Å². The van der Waals surface area contributed by atoms with E-state index in [2.05, 4.69) is 24.5 Å². The molecule has 5 heteroatoms. The minimum absolute atomic E-state index is 0.0657. The van der Waals surface area contributed by atoms with E-state index >= 15 is 0 Å². The van der Waals surface area contributed by atoms with E-state index < -0.39 is 6.04 Å². The summed E-state index contributed by atoms with van der Waals surface area (Å²) in [7, 11) is 1.40. The molecule has 1 saturated heterocycles. The van der Waals surface area contributed by atoms with E-state index in [4.69, 9.17) is 4.74 Å². The summed E-state index contributed by atoms with van der Waals surface area (Å²) >= 11 is 0. The molecule has 1 aliphatic carbocycles. The van der Waals surface area contributed by atoms with Crippen molar-refractivity contribution < 1.29 is 14.3 Å². The average molecular weight is 411 g/mol. The first kappa shape index (κ1) is 21.0. The van der Waals surface area contributed by atoms with Crippen LogP contribution in [0.3, 0.4) is 0 Å². The zero-order chi connectivity index (χ0) is 21.3. The number of methoxy groups -OCH3 is 1. The van der Waals surface area contributed by atoms with Crippen LogP contribution in [0.15, 0.2) is 18.2 Å². The molecular weight excluding hydrogens is 376 g/mol. The number of nitrogens with zero attached hydrogens (tertiary/aromatic N) is 2. The third-order valence-electron chi connectivity index (χ3n) is 7.29. The van der Waals surface area contributed by atoms with Gasteiger partial charge in [-0.1, -0.05) is 19.3 Å². The number of rotatable bonds is 4. The molecule has 2 heterocycles. The highest BCUT2D eigenvalue weighted by molar-refractivity contribution is 6.01. The second kappa shape index (κ2) is 8.83. The number of piperidine rings is 1. The molecule has 162 valence electrons. The maximum atomic E-state index is 13.3. The molecule has 1 aliphatic heterocycles. The minimum Gasteiger partial charge on any atom is -0.467 e. The maximum absolute atomic E-state index is 13.3. The Kier molecular flexibility index (Phi) is 6.16. The van der Waals surface area contributed by atoms with Gasteiger partial charge in [-0.25, -0.2) is 4.79 Å². The van der Waals surface area contributed by atoms with Gasteiger partial charge in [0.2, 0.25) is 0 Å². The molecule has 4 rings (SSSR count). The third-order valence-corrected chi connectivity index (χ3v) is 7.29. The molecule has 2 fully saturated rings. The van der Waals surface area contributed by atoms with E-state index in [-0.39, 0.29) is 11.9 Å². The largest absolute Gasteiger partial charge is 0.467 e.